The lowest BCUT2D eigenvalue weighted by Gasteiger charge is -2.40. The van der Waals surface area contributed by atoms with Gasteiger partial charge in [0.05, 0.1) is 24.8 Å². The van der Waals surface area contributed by atoms with Gasteiger partial charge in [0.2, 0.25) is 5.91 Å². The van der Waals surface area contributed by atoms with E-state index in [4.69, 9.17) is 0 Å². The zero-order valence-electron chi connectivity index (χ0n) is 15.9. The van der Waals surface area contributed by atoms with Crippen molar-refractivity contribution in [1.82, 2.24) is 15.1 Å². The van der Waals surface area contributed by atoms with Crippen LogP contribution in [0, 0.1) is 0 Å². The predicted octanol–water partition coefficient (Wildman–Crippen LogP) is 5.29. The highest BCUT2D eigenvalue weighted by molar-refractivity contribution is 8.45. The highest BCUT2D eigenvalue weighted by Crippen LogP contribution is 3.02. The molecule has 1 aliphatic heterocycles. The second-order valence-corrected chi connectivity index (χ2v) is 12.4. The van der Waals surface area contributed by atoms with Gasteiger partial charge >= 0.3 is 10.2 Å². The summed E-state index contributed by atoms with van der Waals surface area (Å²) in [6, 6.07) is 1.90. The van der Waals surface area contributed by atoms with Crippen molar-refractivity contribution >= 4 is 38.3 Å². The van der Waals surface area contributed by atoms with Crippen LogP contribution in [-0.2, 0) is 28.6 Å². The second-order valence-electron chi connectivity index (χ2n) is 7.56. The Morgan fingerprint density at radius 1 is 1.13 bits per heavy atom. The van der Waals surface area contributed by atoms with Crippen molar-refractivity contribution in [3.63, 3.8) is 0 Å². The van der Waals surface area contributed by atoms with Gasteiger partial charge in [-0.25, -0.2) is 0 Å². The first-order valence-corrected chi connectivity index (χ1v) is 13.4. The van der Waals surface area contributed by atoms with Gasteiger partial charge in [-0.15, -0.1) is 10.2 Å². The van der Waals surface area contributed by atoms with E-state index in [0.717, 1.165) is 30.0 Å². The summed E-state index contributed by atoms with van der Waals surface area (Å²) in [7, 11) is -11.0. The Hall–Kier alpha value is -1.86. The highest BCUT2D eigenvalue weighted by atomic mass is 32.5. The van der Waals surface area contributed by atoms with Crippen LogP contribution >= 0.6 is 21.6 Å². The average molecular weight is 500 g/mol. The summed E-state index contributed by atoms with van der Waals surface area (Å²) >= 11 is 1.40. The van der Waals surface area contributed by atoms with Crippen LogP contribution in [0.2, 0.25) is 0 Å². The number of benzene rings is 1. The fraction of sp³-hybridized carbons (Fsp3) is 0.389. The van der Waals surface area contributed by atoms with E-state index in [2.05, 4.69) is 10.2 Å². The van der Waals surface area contributed by atoms with Crippen molar-refractivity contribution < 1.29 is 28.4 Å². The molecule has 1 amide bonds. The molecular formula is C18H18F5N3O2S3. The van der Waals surface area contributed by atoms with E-state index in [1.165, 1.54) is 21.6 Å². The van der Waals surface area contributed by atoms with E-state index in [-0.39, 0.29) is 24.3 Å². The Kier molecular flexibility index (Phi) is 5.10. The quantitative estimate of drug-likeness (QED) is 0.486. The standard InChI is InChI=1S/C18H18F5N3O2S3/c19-31(20,21,22,23)15-5-1-12(2-6-15)9-17(27)26(14-7-8-30(28)11-14)10-16-24-25-18(29-16)13-3-4-13/h1-2,5-8,13-14H,3-4,9-11H2. The molecule has 1 aromatic carbocycles. The van der Waals surface area contributed by atoms with Crippen molar-refractivity contribution in [1.29, 1.82) is 0 Å². The minimum absolute atomic E-state index is 0.124. The lowest BCUT2D eigenvalue weighted by atomic mass is 10.1. The number of carbonyl (C=O) groups excluding carboxylic acids is 1. The van der Waals surface area contributed by atoms with Gasteiger partial charge in [-0.2, -0.15) is 0 Å². The first-order valence-electron chi connectivity index (χ1n) is 9.29. The number of hydrogen-bond acceptors (Lipinski definition) is 5. The summed E-state index contributed by atoms with van der Waals surface area (Å²) in [4.78, 5) is 12.4. The molecule has 2 unspecified atom stereocenters. The third-order valence-corrected chi connectivity index (χ3v) is 8.31. The Balaban J connectivity index is 1.51. The molecule has 1 fully saturated rings. The van der Waals surface area contributed by atoms with Gasteiger partial charge < -0.3 is 4.90 Å². The maximum Gasteiger partial charge on any atom is 0.310 e. The molecule has 2 atom stereocenters. The fourth-order valence-electron chi connectivity index (χ4n) is 3.15. The van der Waals surface area contributed by atoms with Crippen molar-refractivity contribution in [2.24, 2.45) is 0 Å². The normalized spacial score (nSPS) is 23.4. The zero-order valence-corrected chi connectivity index (χ0v) is 18.4. The predicted molar refractivity (Wildman–Crippen MR) is 110 cm³/mol. The van der Waals surface area contributed by atoms with E-state index in [9.17, 15) is 28.4 Å². The van der Waals surface area contributed by atoms with Gasteiger partial charge in [0.15, 0.2) is 0 Å². The van der Waals surface area contributed by atoms with E-state index < -0.39 is 37.9 Å². The van der Waals surface area contributed by atoms with E-state index >= 15 is 0 Å². The Morgan fingerprint density at radius 2 is 1.81 bits per heavy atom. The lowest BCUT2D eigenvalue weighted by Crippen LogP contribution is -2.40. The summed E-state index contributed by atoms with van der Waals surface area (Å²) in [5.41, 5.74) is 0.166. The molecule has 4 rings (SSSR count). The molecule has 170 valence electrons. The van der Waals surface area contributed by atoms with E-state index in [0.29, 0.717) is 23.1 Å². The second kappa shape index (κ2) is 7.07. The molecule has 0 radical (unpaired) electrons. The molecule has 0 saturated heterocycles. The minimum atomic E-state index is -9.76. The zero-order chi connectivity index (χ0) is 22.5. The van der Waals surface area contributed by atoms with Gasteiger partial charge in [-0.1, -0.05) is 49.0 Å². The number of rotatable bonds is 7. The fourth-order valence-corrected chi connectivity index (χ4v) is 5.91. The molecule has 2 aromatic rings. The maximum absolute atomic E-state index is 13.0. The van der Waals surface area contributed by atoms with Crippen molar-refractivity contribution in [2.75, 3.05) is 5.75 Å². The minimum Gasteiger partial charge on any atom is -0.328 e. The third-order valence-electron chi connectivity index (χ3n) is 4.95. The molecule has 31 heavy (non-hydrogen) atoms. The van der Waals surface area contributed by atoms with Crippen LogP contribution < -0.4 is 0 Å². The SMILES string of the molecule is O=C(Cc1ccc(S(F)(F)(F)(F)F)cc1)N(Cc1nnc(C2CC2)s1)C1C=CS(=O)C1. The van der Waals surface area contributed by atoms with Crippen molar-refractivity contribution in [3.8, 4) is 0 Å². The van der Waals surface area contributed by atoms with Crippen LogP contribution in [0.5, 0.6) is 0 Å². The Bertz CT molecular complexity index is 1070. The number of carbonyl (C=O) groups is 1. The largest absolute Gasteiger partial charge is 0.328 e. The molecule has 5 nitrogen and oxygen atoms in total. The summed E-state index contributed by atoms with van der Waals surface area (Å²) in [6.07, 6.45) is 3.47. The van der Waals surface area contributed by atoms with E-state index in [1.54, 1.807) is 6.08 Å². The molecule has 0 N–H and O–H groups in total. The molecule has 1 saturated carbocycles. The van der Waals surface area contributed by atoms with Gasteiger partial charge in [0, 0.05) is 22.1 Å². The third kappa shape index (κ3) is 5.50. The Morgan fingerprint density at radius 3 is 2.35 bits per heavy atom. The van der Waals surface area contributed by atoms with Crippen molar-refractivity contribution in [2.45, 2.75) is 42.7 Å². The molecule has 1 aromatic heterocycles. The van der Waals surface area contributed by atoms with Crippen LogP contribution in [0.15, 0.2) is 40.6 Å². The average Bonchev–Trinajstić information content (AvgIpc) is 3.25. The smallest absolute Gasteiger partial charge is 0.310 e. The van der Waals surface area contributed by atoms with Crippen LogP contribution in [0.3, 0.4) is 0 Å². The monoisotopic (exact) mass is 499 g/mol. The molecular weight excluding hydrogens is 481 g/mol. The summed E-state index contributed by atoms with van der Waals surface area (Å²) in [5, 5.41) is 11.3. The van der Waals surface area contributed by atoms with Crippen LogP contribution in [-0.4, -0.2) is 37.0 Å². The first kappa shape index (κ1) is 22.3. The summed E-state index contributed by atoms with van der Waals surface area (Å²) in [6.45, 7) is 0.124. The topological polar surface area (TPSA) is 63.2 Å². The molecule has 0 spiro atoms. The maximum atomic E-state index is 13.0. The molecule has 13 heteroatoms. The molecule has 2 heterocycles. The van der Waals surface area contributed by atoms with Crippen LogP contribution in [0.4, 0.5) is 19.4 Å². The van der Waals surface area contributed by atoms with E-state index in [1.807, 2.05) is 0 Å². The summed E-state index contributed by atoms with van der Waals surface area (Å²) in [5.74, 6) is 0.183. The Labute approximate surface area is 181 Å². The van der Waals surface area contributed by atoms with Crippen LogP contribution in [0.25, 0.3) is 0 Å². The van der Waals surface area contributed by atoms with Crippen LogP contribution in [0.1, 0.15) is 34.3 Å². The summed E-state index contributed by atoms with van der Waals surface area (Å²) < 4.78 is 76.2. The molecule has 0 bridgehead atoms. The highest BCUT2D eigenvalue weighted by Gasteiger charge is 2.65. The van der Waals surface area contributed by atoms with Gasteiger partial charge in [0.1, 0.15) is 14.9 Å². The molecule has 1 aliphatic carbocycles. The van der Waals surface area contributed by atoms with Gasteiger partial charge in [0.25, 0.3) is 0 Å². The van der Waals surface area contributed by atoms with Crippen molar-refractivity contribution in [3.05, 3.63) is 51.3 Å². The number of amides is 1. The molecule has 2 aliphatic rings. The lowest BCUT2D eigenvalue weighted by molar-refractivity contribution is -0.132. The number of halogens is 5. The van der Waals surface area contributed by atoms with Gasteiger partial charge in [-0.3, -0.25) is 9.00 Å². The number of hydrogen-bond donors (Lipinski definition) is 0. The first-order chi connectivity index (χ1) is 14.3. The number of aromatic nitrogens is 2. The van der Waals surface area contributed by atoms with Gasteiger partial charge in [-0.05, 0) is 30.5 Å². The number of nitrogens with zero attached hydrogens (tertiary/aromatic N) is 3.